The van der Waals surface area contributed by atoms with E-state index >= 15 is 0 Å². The molecule has 1 aromatic carbocycles. The van der Waals surface area contributed by atoms with Crippen LogP contribution in [0.5, 0.6) is 0 Å². The number of benzene rings is 1. The van der Waals surface area contributed by atoms with Crippen molar-refractivity contribution >= 4 is 10.8 Å². The molecule has 0 amide bonds. The molecule has 0 aliphatic rings. The second kappa shape index (κ2) is 6.57. The summed E-state index contributed by atoms with van der Waals surface area (Å²) in [6.45, 7) is -0.0314. The van der Waals surface area contributed by atoms with Crippen LogP contribution in [0.3, 0.4) is 0 Å². The van der Waals surface area contributed by atoms with E-state index in [2.05, 4.69) is 10.1 Å². The summed E-state index contributed by atoms with van der Waals surface area (Å²) in [5.74, 6) is 0. The lowest BCUT2D eigenvalue weighted by molar-refractivity contribution is -0.138. The third kappa shape index (κ3) is 4.14. The number of rotatable bonds is 5. The van der Waals surface area contributed by atoms with Crippen LogP contribution < -0.4 is 0 Å². The van der Waals surface area contributed by atoms with Gasteiger partial charge in [-0.25, -0.2) is 9.67 Å². The molecule has 1 heterocycles. The van der Waals surface area contributed by atoms with Crippen molar-refractivity contribution in [1.29, 1.82) is 0 Å². The number of hydrogen-bond donors (Lipinski definition) is 1. The molecule has 0 bridgehead atoms. The van der Waals surface area contributed by atoms with Crippen LogP contribution in [0.4, 0.5) is 13.2 Å². The molecular weight excluding hydrogens is 319 g/mol. The number of nitrogens with zero attached hydrogens (tertiary/aromatic N) is 3. The minimum Gasteiger partial charge on any atom is -0.391 e. The van der Waals surface area contributed by atoms with Gasteiger partial charge in [0.2, 0.25) is 5.16 Å². The third-order valence-electron chi connectivity index (χ3n) is 2.95. The molecule has 120 valence electrons. The van der Waals surface area contributed by atoms with Crippen LogP contribution in [0.2, 0.25) is 0 Å². The van der Waals surface area contributed by atoms with Crippen molar-refractivity contribution in [2.45, 2.75) is 30.4 Å². The Morgan fingerprint density at radius 1 is 1.36 bits per heavy atom. The van der Waals surface area contributed by atoms with E-state index in [1.165, 1.54) is 35.5 Å². The minimum atomic E-state index is -4.46. The summed E-state index contributed by atoms with van der Waals surface area (Å²) in [4.78, 5) is 3.79. The third-order valence-corrected chi connectivity index (χ3v) is 3.65. The Morgan fingerprint density at radius 2 is 2.05 bits per heavy atom. The van der Waals surface area contributed by atoms with E-state index < -0.39 is 28.6 Å². The molecule has 9 heteroatoms. The molecule has 1 aromatic heterocycles. The molecule has 0 aliphatic carbocycles. The van der Waals surface area contributed by atoms with Gasteiger partial charge in [-0.15, -0.1) is 5.10 Å². The van der Waals surface area contributed by atoms with E-state index in [1.807, 2.05) is 0 Å². The topological polar surface area (TPSA) is 68.0 Å². The maximum atomic E-state index is 12.9. The van der Waals surface area contributed by atoms with E-state index in [1.54, 1.807) is 0 Å². The zero-order valence-electron chi connectivity index (χ0n) is 11.6. The van der Waals surface area contributed by atoms with E-state index in [-0.39, 0.29) is 23.7 Å². The van der Waals surface area contributed by atoms with Gasteiger partial charge in [-0.1, -0.05) is 18.2 Å². The lowest BCUT2D eigenvalue weighted by Crippen LogP contribution is -2.21. The summed E-state index contributed by atoms with van der Waals surface area (Å²) in [7, 11) is -1.35. The average molecular weight is 333 g/mol. The van der Waals surface area contributed by atoms with Crippen molar-refractivity contribution in [1.82, 2.24) is 14.8 Å². The van der Waals surface area contributed by atoms with Gasteiger partial charge in [-0.2, -0.15) is 13.2 Å². The van der Waals surface area contributed by atoms with Gasteiger partial charge in [0.05, 0.1) is 29.0 Å². The van der Waals surface area contributed by atoms with Crippen molar-refractivity contribution in [3.05, 3.63) is 41.7 Å². The molecule has 0 saturated heterocycles. The summed E-state index contributed by atoms with van der Waals surface area (Å²) in [5.41, 5.74) is -0.745. The summed E-state index contributed by atoms with van der Waals surface area (Å²) in [6, 6.07) is 5.11. The monoisotopic (exact) mass is 333 g/mol. The Morgan fingerprint density at radius 3 is 2.64 bits per heavy atom. The number of hydrogen-bond acceptors (Lipinski definition) is 4. The molecule has 22 heavy (non-hydrogen) atoms. The lowest BCUT2D eigenvalue weighted by Gasteiger charge is -2.15. The van der Waals surface area contributed by atoms with Gasteiger partial charge in [0.1, 0.15) is 6.33 Å². The molecule has 0 radical (unpaired) electrons. The first-order chi connectivity index (χ1) is 10.3. The van der Waals surface area contributed by atoms with Gasteiger partial charge in [-0.05, 0) is 11.6 Å². The maximum absolute atomic E-state index is 12.9. The van der Waals surface area contributed by atoms with Gasteiger partial charge in [0, 0.05) is 12.7 Å². The lowest BCUT2D eigenvalue weighted by atomic mass is 10.0. The first-order valence-corrected chi connectivity index (χ1v) is 7.89. The number of halogens is 3. The molecule has 2 atom stereocenters. The normalized spacial score (nSPS) is 14.8. The summed E-state index contributed by atoms with van der Waals surface area (Å²) >= 11 is 0. The van der Waals surface area contributed by atoms with Crippen LogP contribution in [-0.2, 0) is 29.9 Å². The van der Waals surface area contributed by atoms with Crippen molar-refractivity contribution < 1.29 is 22.5 Å². The second-order valence-corrected chi connectivity index (χ2v) is 5.99. The second-order valence-electron chi connectivity index (χ2n) is 4.72. The molecule has 0 saturated carbocycles. The highest BCUT2D eigenvalue weighted by Gasteiger charge is 2.33. The van der Waals surface area contributed by atoms with E-state index in [0.29, 0.717) is 0 Å². The molecule has 2 rings (SSSR count). The molecule has 5 nitrogen and oxygen atoms in total. The molecule has 0 fully saturated rings. The summed E-state index contributed by atoms with van der Waals surface area (Å²) in [5, 5.41) is 14.0. The molecule has 0 unspecified atom stereocenters. The van der Waals surface area contributed by atoms with Crippen molar-refractivity contribution in [2.24, 2.45) is 0 Å². The van der Waals surface area contributed by atoms with Gasteiger partial charge in [0.15, 0.2) is 0 Å². The van der Waals surface area contributed by atoms with Crippen molar-refractivity contribution in [3.63, 3.8) is 0 Å². The Labute approximate surface area is 127 Å². The average Bonchev–Trinajstić information content (AvgIpc) is 2.86. The first-order valence-electron chi connectivity index (χ1n) is 6.33. The largest absolute Gasteiger partial charge is 0.416 e. The van der Waals surface area contributed by atoms with Gasteiger partial charge in [0.25, 0.3) is 0 Å². The minimum absolute atomic E-state index is 0.0157. The van der Waals surface area contributed by atoms with Gasteiger partial charge >= 0.3 is 6.18 Å². The van der Waals surface area contributed by atoms with E-state index in [4.69, 9.17) is 0 Å². The molecular formula is C13H14F3N3O2S. The zero-order chi connectivity index (χ0) is 16.3. The van der Waals surface area contributed by atoms with Gasteiger partial charge < -0.3 is 5.11 Å². The fourth-order valence-corrected chi connectivity index (χ4v) is 2.42. The highest BCUT2D eigenvalue weighted by atomic mass is 32.2. The zero-order valence-corrected chi connectivity index (χ0v) is 12.4. The predicted molar refractivity (Wildman–Crippen MR) is 73.5 cm³/mol. The Hall–Kier alpha value is -1.74. The van der Waals surface area contributed by atoms with Crippen LogP contribution in [-0.4, -0.2) is 36.4 Å². The number of aromatic nitrogens is 3. The number of alkyl halides is 3. The highest BCUT2D eigenvalue weighted by Crippen LogP contribution is 2.32. The maximum Gasteiger partial charge on any atom is 0.416 e. The predicted octanol–water partition coefficient (Wildman–Crippen LogP) is 1.64. The molecule has 0 aliphatic heterocycles. The standard InChI is InChI=1S/C13H14F3N3O2S/c1-22(21)12-17-8-19(18-12)7-10(20)6-9-4-2-3-5-11(9)13(14,15)16/h2-5,8,10,20H,6-7H2,1H3/t10-,22-/m1/s1. The van der Waals surface area contributed by atoms with E-state index in [0.717, 1.165) is 6.07 Å². The van der Waals surface area contributed by atoms with E-state index in [9.17, 15) is 22.5 Å². The summed E-state index contributed by atoms with van der Waals surface area (Å²) in [6.07, 6.45) is -3.00. The SMILES string of the molecule is C[S@@](=O)c1ncn(C[C@H](O)Cc2ccccc2C(F)(F)F)n1. The van der Waals surface area contributed by atoms with Crippen LogP contribution in [0.25, 0.3) is 0 Å². The van der Waals surface area contributed by atoms with Crippen molar-refractivity contribution in [2.75, 3.05) is 6.26 Å². The highest BCUT2D eigenvalue weighted by molar-refractivity contribution is 7.84. The van der Waals surface area contributed by atoms with Crippen LogP contribution in [0, 0.1) is 0 Å². The molecule has 0 spiro atoms. The molecule has 1 N–H and O–H groups in total. The molecule has 2 aromatic rings. The number of aliphatic hydroxyl groups is 1. The van der Waals surface area contributed by atoms with Crippen LogP contribution in [0.15, 0.2) is 35.7 Å². The Kier molecular flexibility index (Phi) is 4.97. The van der Waals surface area contributed by atoms with Crippen molar-refractivity contribution in [3.8, 4) is 0 Å². The quantitative estimate of drug-likeness (QED) is 0.903. The Balaban J connectivity index is 2.09. The van der Waals surface area contributed by atoms with Gasteiger partial charge in [-0.3, -0.25) is 4.21 Å². The fraction of sp³-hybridized carbons (Fsp3) is 0.385. The first kappa shape index (κ1) is 16.6. The number of aliphatic hydroxyl groups excluding tert-OH is 1. The smallest absolute Gasteiger partial charge is 0.391 e. The van der Waals surface area contributed by atoms with Crippen LogP contribution >= 0.6 is 0 Å². The fourth-order valence-electron chi connectivity index (χ4n) is 2.01. The Bertz CT molecular complexity index is 673. The van der Waals surface area contributed by atoms with Crippen LogP contribution in [0.1, 0.15) is 11.1 Å². The summed E-state index contributed by atoms with van der Waals surface area (Å²) < 4.78 is 51.1.